The lowest BCUT2D eigenvalue weighted by molar-refractivity contribution is 0.483. The second-order valence-corrected chi connectivity index (χ2v) is 5.66. The monoisotopic (exact) mass is 307 g/mol. The molecular formula is C11H9N5O4S. The molecule has 0 spiro atoms. The molecule has 0 fully saturated rings. The van der Waals surface area contributed by atoms with Gasteiger partial charge in [-0.2, -0.15) is 13.4 Å². The van der Waals surface area contributed by atoms with Crippen LogP contribution in [0.2, 0.25) is 0 Å². The number of anilines is 1. The minimum absolute atomic E-state index is 0.0488. The molecule has 5 N–H and O–H groups in total. The number of nitrogens with one attached hydrogen (secondary N) is 2. The smallest absolute Gasteiger partial charge is 0.294 e. The molecule has 1 aromatic carbocycles. The summed E-state index contributed by atoms with van der Waals surface area (Å²) in [4.78, 5) is 24.6. The Morgan fingerprint density at radius 1 is 1.10 bits per heavy atom. The van der Waals surface area contributed by atoms with Gasteiger partial charge in [0, 0.05) is 5.56 Å². The molecule has 0 atom stereocenters. The molecule has 0 amide bonds. The maximum absolute atomic E-state index is 11.7. The van der Waals surface area contributed by atoms with Crippen LogP contribution in [0, 0.1) is 0 Å². The summed E-state index contributed by atoms with van der Waals surface area (Å²) in [6, 6.07) is 5.34. The van der Waals surface area contributed by atoms with Gasteiger partial charge in [0.1, 0.15) is 5.82 Å². The van der Waals surface area contributed by atoms with Gasteiger partial charge in [-0.05, 0) is 24.3 Å². The Hall–Kier alpha value is -2.72. The molecule has 21 heavy (non-hydrogen) atoms. The van der Waals surface area contributed by atoms with E-state index in [0.717, 1.165) is 0 Å². The first-order chi connectivity index (χ1) is 9.84. The largest absolute Gasteiger partial charge is 0.369 e. The minimum Gasteiger partial charge on any atom is -0.369 e. The Balaban J connectivity index is 2.13. The topological polar surface area (TPSA) is 155 Å². The summed E-state index contributed by atoms with van der Waals surface area (Å²) in [6.07, 6.45) is 0. The normalized spacial score (nSPS) is 11.9. The van der Waals surface area contributed by atoms with Crippen LogP contribution < -0.4 is 11.3 Å². The van der Waals surface area contributed by atoms with E-state index in [9.17, 15) is 13.2 Å². The number of hydrogen-bond acceptors (Lipinski definition) is 6. The minimum atomic E-state index is -4.25. The third-order valence-electron chi connectivity index (χ3n) is 2.81. The summed E-state index contributed by atoms with van der Waals surface area (Å²) in [5, 5.41) is 0. The highest BCUT2D eigenvalue weighted by Gasteiger charge is 2.12. The van der Waals surface area contributed by atoms with Crippen molar-refractivity contribution in [3.63, 3.8) is 0 Å². The summed E-state index contributed by atoms with van der Waals surface area (Å²) in [7, 11) is -4.25. The lowest BCUT2D eigenvalue weighted by Gasteiger charge is -1.98. The van der Waals surface area contributed by atoms with E-state index in [2.05, 4.69) is 19.9 Å². The van der Waals surface area contributed by atoms with E-state index in [-0.39, 0.29) is 22.0 Å². The Bertz CT molecular complexity index is 988. The van der Waals surface area contributed by atoms with Crippen LogP contribution >= 0.6 is 0 Å². The maximum Gasteiger partial charge on any atom is 0.294 e. The molecule has 3 rings (SSSR count). The van der Waals surface area contributed by atoms with Crippen molar-refractivity contribution in [2.24, 2.45) is 0 Å². The molecule has 0 saturated heterocycles. The van der Waals surface area contributed by atoms with Crippen molar-refractivity contribution in [2.45, 2.75) is 4.90 Å². The first-order valence-electron chi connectivity index (χ1n) is 5.68. The second kappa shape index (κ2) is 4.40. The number of aromatic amines is 2. The highest BCUT2D eigenvalue weighted by Crippen LogP contribution is 2.20. The summed E-state index contributed by atoms with van der Waals surface area (Å²) < 4.78 is 30.8. The molecule has 3 aromatic rings. The molecule has 9 nitrogen and oxygen atoms in total. The van der Waals surface area contributed by atoms with Crippen molar-refractivity contribution in [1.82, 2.24) is 19.9 Å². The number of nitrogens with two attached hydrogens (primary N) is 1. The lowest BCUT2D eigenvalue weighted by Crippen LogP contribution is -2.10. The predicted molar refractivity (Wildman–Crippen MR) is 74.2 cm³/mol. The van der Waals surface area contributed by atoms with Crippen LogP contribution in [0.1, 0.15) is 0 Å². The first kappa shape index (κ1) is 13.3. The average Bonchev–Trinajstić information content (AvgIpc) is 2.82. The third-order valence-corrected chi connectivity index (χ3v) is 3.67. The van der Waals surface area contributed by atoms with Crippen molar-refractivity contribution in [3.8, 4) is 11.4 Å². The highest BCUT2D eigenvalue weighted by atomic mass is 32.2. The van der Waals surface area contributed by atoms with Crippen LogP contribution in [0.3, 0.4) is 0 Å². The number of fused-ring (bicyclic) bond motifs is 1. The standard InChI is InChI=1S/C11H9N5O4S/c12-11-15-9-7(10(17)16-11)13-8(14-9)5-1-3-6(4-2-5)21(18,19)20/h1-4H,(H,18,19,20)(H4,12,13,14,15,16,17). The van der Waals surface area contributed by atoms with Crippen molar-refractivity contribution in [2.75, 3.05) is 5.73 Å². The molecule has 0 saturated carbocycles. The number of hydrogen-bond donors (Lipinski definition) is 4. The van der Waals surface area contributed by atoms with Gasteiger partial charge in [0.25, 0.3) is 15.7 Å². The molecule has 2 aromatic heterocycles. The fourth-order valence-corrected chi connectivity index (χ4v) is 2.33. The van der Waals surface area contributed by atoms with Gasteiger partial charge in [-0.25, -0.2) is 4.98 Å². The quantitative estimate of drug-likeness (QED) is 0.491. The number of rotatable bonds is 2. The van der Waals surface area contributed by atoms with Gasteiger partial charge < -0.3 is 10.7 Å². The van der Waals surface area contributed by atoms with Gasteiger partial charge in [0.15, 0.2) is 11.2 Å². The van der Waals surface area contributed by atoms with E-state index in [1.165, 1.54) is 24.3 Å². The first-order valence-corrected chi connectivity index (χ1v) is 7.12. The van der Waals surface area contributed by atoms with Crippen molar-refractivity contribution in [3.05, 3.63) is 34.6 Å². The van der Waals surface area contributed by atoms with Crippen LogP contribution in [0.4, 0.5) is 5.95 Å². The summed E-state index contributed by atoms with van der Waals surface area (Å²) in [6.45, 7) is 0. The summed E-state index contributed by atoms with van der Waals surface area (Å²) >= 11 is 0. The van der Waals surface area contributed by atoms with Crippen LogP contribution in [0.15, 0.2) is 34.0 Å². The second-order valence-electron chi connectivity index (χ2n) is 4.23. The van der Waals surface area contributed by atoms with Gasteiger partial charge in [-0.3, -0.25) is 14.3 Å². The molecule has 108 valence electrons. The van der Waals surface area contributed by atoms with E-state index in [4.69, 9.17) is 10.3 Å². The van der Waals surface area contributed by atoms with E-state index >= 15 is 0 Å². The molecule has 2 heterocycles. The predicted octanol–water partition coefficient (Wildman–Crippen LogP) is 0.142. The molecule has 0 unspecified atom stereocenters. The Morgan fingerprint density at radius 3 is 2.38 bits per heavy atom. The van der Waals surface area contributed by atoms with Crippen molar-refractivity contribution < 1.29 is 13.0 Å². The highest BCUT2D eigenvalue weighted by molar-refractivity contribution is 7.85. The fraction of sp³-hybridized carbons (Fsp3) is 0. The average molecular weight is 307 g/mol. The lowest BCUT2D eigenvalue weighted by atomic mass is 10.2. The molecule has 0 radical (unpaired) electrons. The molecule has 0 aliphatic heterocycles. The van der Waals surface area contributed by atoms with Crippen molar-refractivity contribution in [1.29, 1.82) is 0 Å². The van der Waals surface area contributed by atoms with Crippen LogP contribution in [0.5, 0.6) is 0 Å². The van der Waals surface area contributed by atoms with Crippen LogP contribution in [0.25, 0.3) is 22.6 Å². The molecule has 0 bridgehead atoms. The van der Waals surface area contributed by atoms with Crippen LogP contribution in [-0.2, 0) is 10.1 Å². The zero-order valence-electron chi connectivity index (χ0n) is 10.4. The Kier molecular flexibility index (Phi) is 2.78. The van der Waals surface area contributed by atoms with E-state index in [0.29, 0.717) is 11.4 Å². The number of aromatic nitrogens is 4. The fourth-order valence-electron chi connectivity index (χ4n) is 1.85. The van der Waals surface area contributed by atoms with Gasteiger partial charge in [0.2, 0.25) is 5.95 Å². The van der Waals surface area contributed by atoms with Gasteiger partial charge in [-0.1, -0.05) is 0 Å². The summed E-state index contributed by atoms with van der Waals surface area (Å²) in [5.74, 6) is 0.280. The third kappa shape index (κ3) is 2.37. The number of H-pyrrole nitrogens is 2. The number of nitrogen functional groups attached to an aromatic ring is 1. The summed E-state index contributed by atoms with van der Waals surface area (Å²) in [5.41, 5.74) is 5.82. The zero-order chi connectivity index (χ0) is 15.2. The maximum atomic E-state index is 11.7. The van der Waals surface area contributed by atoms with Gasteiger partial charge >= 0.3 is 0 Å². The van der Waals surface area contributed by atoms with Crippen LogP contribution in [-0.4, -0.2) is 32.9 Å². The molecule has 0 aliphatic carbocycles. The molecule has 0 aliphatic rings. The SMILES string of the molecule is Nc1nc2nc(-c3ccc(S(=O)(=O)O)cc3)[nH]c2c(=O)[nH]1. The Labute approximate surface area is 117 Å². The van der Waals surface area contributed by atoms with Gasteiger partial charge in [-0.15, -0.1) is 0 Å². The van der Waals surface area contributed by atoms with E-state index < -0.39 is 15.7 Å². The van der Waals surface area contributed by atoms with E-state index in [1.807, 2.05) is 0 Å². The zero-order valence-corrected chi connectivity index (χ0v) is 11.2. The van der Waals surface area contributed by atoms with E-state index in [1.54, 1.807) is 0 Å². The number of imidazole rings is 1. The molecular weight excluding hydrogens is 298 g/mol. The van der Waals surface area contributed by atoms with Gasteiger partial charge in [0.05, 0.1) is 4.90 Å². The van der Waals surface area contributed by atoms with Crippen molar-refractivity contribution >= 4 is 27.2 Å². The molecule has 10 heteroatoms. The number of benzene rings is 1. The number of nitrogens with zero attached hydrogens (tertiary/aromatic N) is 2. The Morgan fingerprint density at radius 2 is 1.76 bits per heavy atom.